The van der Waals surface area contributed by atoms with Gasteiger partial charge in [-0.15, -0.1) is 11.3 Å². The van der Waals surface area contributed by atoms with Crippen molar-refractivity contribution < 1.29 is 4.74 Å². The summed E-state index contributed by atoms with van der Waals surface area (Å²) in [6, 6.07) is 92.9. The van der Waals surface area contributed by atoms with Gasteiger partial charge >= 0.3 is 0 Å². The van der Waals surface area contributed by atoms with Crippen LogP contribution in [-0.2, 0) is 10.8 Å². The smallest absolute Gasteiger partial charge is 0.132 e. The number of para-hydroxylation sites is 2. The molecule has 2 aliphatic carbocycles. The molecule has 0 N–H and O–H groups in total. The zero-order chi connectivity index (χ0) is 47.1. The largest absolute Gasteiger partial charge is 0.457 e. The van der Waals surface area contributed by atoms with Crippen molar-refractivity contribution >= 4 is 60.3 Å². The first-order chi connectivity index (χ1) is 35.7. The van der Waals surface area contributed by atoms with Crippen LogP contribution >= 0.6 is 23.1 Å². The predicted molar refractivity (Wildman–Crippen MR) is 298 cm³/mol. The maximum Gasteiger partial charge on any atom is 0.132 e. The molecule has 72 heavy (non-hydrogen) atoms. The first-order valence-electron chi connectivity index (χ1n) is 24.7. The van der Waals surface area contributed by atoms with Gasteiger partial charge in [-0.05, 0) is 128 Å². The maximum atomic E-state index is 6.77. The average Bonchev–Trinajstić information content (AvgIpc) is 4.07. The molecule has 0 radical (unpaired) electrons. The molecule has 2 aliphatic heterocycles. The highest BCUT2D eigenvalue weighted by molar-refractivity contribution is 7.99. The number of benzene rings is 11. The van der Waals surface area contributed by atoms with E-state index in [1.165, 1.54) is 96.7 Å². The van der Waals surface area contributed by atoms with Gasteiger partial charge in [0.1, 0.15) is 11.5 Å². The van der Waals surface area contributed by atoms with E-state index in [1.807, 2.05) is 23.1 Å². The number of ether oxygens (including phenoxy) is 1. The Balaban J connectivity index is 0.960. The van der Waals surface area contributed by atoms with E-state index >= 15 is 0 Å². The van der Waals surface area contributed by atoms with Gasteiger partial charge in [0.2, 0.25) is 0 Å². The van der Waals surface area contributed by atoms with E-state index in [-0.39, 0.29) is 0 Å². The number of anilines is 3. The van der Waals surface area contributed by atoms with Gasteiger partial charge in [-0.3, -0.25) is 0 Å². The molecule has 0 atom stereocenters. The Morgan fingerprint density at radius 1 is 0.333 bits per heavy atom. The summed E-state index contributed by atoms with van der Waals surface area (Å²) in [5.41, 5.74) is 19.7. The summed E-state index contributed by atoms with van der Waals surface area (Å²) in [7, 11) is 0. The third-order valence-electron chi connectivity index (χ3n) is 16.0. The number of rotatable bonds is 4. The molecule has 4 heteroatoms. The van der Waals surface area contributed by atoms with Crippen molar-refractivity contribution in [1.29, 1.82) is 0 Å². The average molecular weight is 952 g/mol. The zero-order valence-corrected chi connectivity index (χ0v) is 40.5. The van der Waals surface area contributed by atoms with Crippen molar-refractivity contribution in [3.8, 4) is 44.9 Å². The predicted octanol–water partition coefficient (Wildman–Crippen LogP) is 18.5. The van der Waals surface area contributed by atoms with Crippen LogP contribution in [0.4, 0.5) is 17.1 Å². The highest BCUT2D eigenvalue weighted by Gasteiger charge is 2.53. The molecule has 2 nitrogen and oxygen atoms in total. The van der Waals surface area contributed by atoms with E-state index in [0.717, 1.165) is 39.7 Å². The molecule has 0 unspecified atom stereocenters. The van der Waals surface area contributed by atoms with Crippen molar-refractivity contribution in [2.45, 2.75) is 20.6 Å². The van der Waals surface area contributed by atoms with Gasteiger partial charge < -0.3 is 9.64 Å². The van der Waals surface area contributed by atoms with Crippen molar-refractivity contribution in [2.24, 2.45) is 0 Å². The standard InChI is InChI=1S/C68H41NOS2/c1-4-19-51-46(16-1)47-39-37-45(41-58(47)67(51)53-21-6-10-27-60(53)70-61-28-11-7-22-54(61)67)69(44-35-32-42(33-36-44)43-34-38-49-48-17-3-12-29-62(48)71-65(49)40-43)59-26-15-25-57-66(59)50-18-2-5-20-52(50)68(57)55-23-8-13-30-63(55)72-64-31-14-9-24-56(64)68/h1-41H. The number of hydrogen-bond acceptors (Lipinski definition) is 4. The number of hydrogen-bond donors (Lipinski definition) is 0. The Labute approximate surface area is 426 Å². The summed E-state index contributed by atoms with van der Waals surface area (Å²) in [6.07, 6.45) is 0. The second-order valence-electron chi connectivity index (χ2n) is 19.4. The lowest BCUT2D eigenvalue weighted by Crippen LogP contribution is -2.32. The third kappa shape index (κ3) is 5.30. The molecule has 2 spiro atoms. The number of thiophene rings is 1. The van der Waals surface area contributed by atoms with Crippen LogP contribution in [0, 0.1) is 0 Å². The maximum absolute atomic E-state index is 6.77. The molecule has 336 valence electrons. The fraction of sp³-hybridized carbons (Fsp3) is 0.0294. The lowest BCUT2D eigenvalue weighted by atomic mass is 9.66. The Bertz CT molecular complexity index is 4170. The van der Waals surface area contributed by atoms with Gasteiger partial charge in [-0.1, -0.05) is 194 Å². The molecule has 0 amide bonds. The zero-order valence-electron chi connectivity index (χ0n) is 38.8. The van der Waals surface area contributed by atoms with Crippen LogP contribution in [0.25, 0.3) is 53.6 Å². The molecule has 11 aromatic carbocycles. The summed E-state index contributed by atoms with van der Waals surface area (Å²) >= 11 is 3.75. The van der Waals surface area contributed by atoms with E-state index < -0.39 is 10.8 Å². The quantitative estimate of drug-likeness (QED) is 0.174. The highest BCUT2D eigenvalue weighted by Crippen LogP contribution is 2.66. The van der Waals surface area contributed by atoms with Gasteiger partial charge in [-0.2, -0.15) is 0 Å². The van der Waals surface area contributed by atoms with Crippen molar-refractivity contribution in [2.75, 3.05) is 4.90 Å². The minimum Gasteiger partial charge on any atom is -0.457 e. The van der Waals surface area contributed by atoms with Crippen LogP contribution in [0.5, 0.6) is 11.5 Å². The third-order valence-corrected chi connectivity index (χ3v) is 18.3. The Hall–Kier alpha value is -8.41. The Morgan fingerprint density at radius 2 is 0.861 bits per heavy atom. The molecule has 0 saturated heterocycles. The molecular formula is C68H41NOS2. The van der Waals surface area contributed by atoms with Crippen LogP contribution in [0.15, 0.2) is 259 Å². The van der Waals surface area contributed by atoms with Gasteiger partial charge in [0.05, 0.1) is 16.5 Å². The van der Waals surface area contributed by atoms with Crippen molar-refractivity contribution in [3.05, 3.63) is 293 Å². The van der Waals surface area contributed by atoms with E-state index in [4.69, 9.17) is 4.74 Å². The van der Waals surface area contributed by atoms with Crippen LogP contribution in [-0.4, -0.2) is 0 Å². The van der Waals surface area contributed by atoms with Gasteiger partial charge in [0, 0.05) is 58.0 Å². The van der Waals surface area contributed by atoms with Crippen molar-refractivity contribution in [1.82, 2.24) is 0 Å². The minimum absolute atomic E-state index is 0.514. The number of nitrogens with zero attached hydrogens (tertiary/aromatic N) is 1. The van der Waals surface area contributed by atoms with E-state index in [2.05, 4.69) is 254 Å². The molecule has 0 saturated carbocycles. The SMILES string of the molecule is c1ccc2c(c1)Oc1ccccc1C21c2ccccc2-c2ccc(N(c3ccc(-c4ccc5c(c4)sc4ccccc45)cc3)c3cccc4c3-c3ccccc3C43c4ccccc4Sc4ccccc43)cc21. The summed E-state index contributed by atoms with van der Waals surface area (Å²) in [5, 5.41) is 2.63. The molecule has 1 aromatic heterocycles. The summed E-state index contributed by atoms with van der Waals surface area (Å²) < 4.78 is 9.40. The Morgan fingerprint density at radius 3 is 1.60 bits per heavy atom. The van der Waals surface area contributed by atoms with Crippen LogP contribution in [0.3, 0.4) is 0 Å². The second-order valence-corrected chi connectivity index (χ2v) is 21.6. The van der Waals surface area contributed by atoms with Gasteiger partial charge in [-0.25, -0.2) is 0 Å². The molecular weight excluding hydrogens is 911 g/mol. The minimum atomic E-state index is -0.614. The molecule has 4 aliphatic rings. The van der Waals surface area contributed by atoms with Gasteiger partial charge in [0.15, 0.2) is 0 Å². The lowest BCUT2D eigenvalue weighted by molar-refractivity contribution is 0.436. The van der Waals surface area contributed by atoms with Gasteiger partial charge in [0.25, 0.3) is 0 Å². The summed E-state index contributed by atoms with van der Waals surface area (Å²) in [4.78, 5) is 5.13. The molecule has 0 bridgehead atoms. The fourth-order valence-electron chi connectivity index (χ4n) is 13.2. The van der Waals surface area contributed by atoms with E-state index in [1.54, 1.807) is 0 Å². The normalized spacial score (nSPS) is 14.4. The molecule has 16 rings (SSSR count). The lowest BCUT2D eigenvalue weighted by Gasteiger charge is -2.40. The van der Waals surface area contributed by atoms with Crippen LogP contribution in [0.1, 0.15) is 44.5 Å². The monoisotopic (exact) mass is 951 g/mol. The van der Waals surface area contributed by atoms with E-state index in [9.17, 15) is 0 Å². The highest BCUT2D eigenvalue weighted by atomic mass is 32.2. The first-order valence-corrected chi connectivity index (χ1v) is 26.4. The summed E-state index contributed by atoms with van der Waals surface area (Å²) in [5.74, 6) is 1.78. The second kappa shape index (κ2) is 15.1. The Kier molecular flexibility index (Phi) is 8.43. The molecule has 0 fully saturated rings. The van der Waals surface area contributed by atoms with E-state index in [0.29, 0.717) is 0 Å². The van der Waals surface area contributed by atoms with Crippen molar-refractivity contribution in [3.63, 3.8) is 0 Å². The van der Waals surface area contributed by atoms with Crippen LogP contribution < -0.4 is 9.64 Å². The fourth-order valence-corrected chi connectivity index (χ4v) is 15.5. The molecule has 3 heterocycles. The topological polar surface area (TPSA) is 12.5 Å². The number of fused-ring (bicyclic) bond motifs is 21. The molecule has 12 aromatic rings. The first kappa shape index (κ1) is 40.3. The van der Waals surface area contributed by atoms with Crippen LogP contribution in [0.2, 0.25) is 0 Å². The summed E-state index contributed by atoms with van der Waals surface area (Å²) in [6.45, 7) is 0.